The summed E-state index contributed by atoms with van der Waals surface area (Å²) in [5.74, 6) is 0.910. The van der Waals surface area contributed by atoms with Gasteiger partial charge in [-0.3, -0.25) is 9.59 Å². The van der Waals surface area contributed by atoms with E-state index in [4.69, 9.17) is 15.9 Å². The maximum atomic E-state index is 14.2. The van der Waals surface area contributed by atoms with Gasteiger partial charge in [-0.15, -0.1) is 6.42 Å². The molecule has 44 heavy (non-hydrogen) atoms. The topological polar surface area (TPSA) is 114 Å². The lowest BCUT2D eigenvalue weighted by molar-refractivity contribution is -0.159. The highest BCUT2D eigenvalue weighted by Crippen LogP contribution is 2.25. The van der Waals surface area contributed by atoms with Gasteiger partial charge in [0.15, 0.2) is 0 Å². The van der Waals surface area contributed by atoms with E-state index >= 15 is 0 Å². The second kappa shape index (κ2) is 15.9. The average Bonchev–Trinajstić information content (AvgIpc) is 2.93. The van der Waals surface area contributed by atoms with Gasteiger partial charge in [-0.25, -0.2) is 9.59 Å². The highest BCUT2D eigenvalue weighted by Gasteiger charge is 2.37. The van der Waals surface area contributed by atoms with Crippen LogP contribution in [0.2, 0.25) is 0 Å². The minimum Gasteiger partial charge on any atom is -0.458 e. The number of hydrogen-bond acceptors (Lipinski definition) is 6. The summed E-state index contributed by atoms with van der Waals surface area (Å²) in [7, 11) is 0. The van der Waals surface area contributed by atoms with E-state index in [-0.39, 0.29) is 13.0 Å². The number of nitrogens with one attached hydrogen (secondary N) is 2. The zero-order valence-corrected chi connectivity index (χ0v) is 27.2. The summed E-state index contributed by atoms with van der Waals surface area (Å²) in [6, 6.07) is 12.9. The number of unbranched alkanes of at least 4 members (excludes halogenated alkanes) is 1. The number of amides is 3. The molecule has 238 valence electrons. The smallest absolute Gasteiger partial charge is 0.408 e. The maximum Gasteiger partial charge on any atom is 0.408 e. The molecule has 0 aliphatic heterocycles. The molecule has 3 atom stereocenters. The van der Waals surface area contributed by atoms with E-state index in [1.54, 1.807) is 72.7 Å². The number of carbonyl (C=O) groups excluding carboxylic acids is 4. The molecule has 3 unspecified atom stereocenters. The molecule has 0 aromatic heterocycles. The molecule has 9 nitrogen and oxygen atoms in total. The molecular formula is C35H47N3O6. The van der Waals surface area contributed by atoms with Crippen molar-refractivity contribution >= 4 is 23.9 Å². The second-order valence-electron chi connectivity index (χ2n) is 12.7. The van der Waals surface area contributed by atoms with Gasteiger partial charge < -0.3 is 25.0 Å². The first-order valence-corrected chi connectivity index (χ1v) is 15.0. The molecule has 3 amide bonds. The van der Waals surface area contributed by atoms with E-state index in [2.05, 4.69) is 16.6 Å². The molecular weight excluding hydrogens is 558 g/mol. The number of alkyl carbamates (subject to hydrolysis) is 1. The van der Waals surface area contributed by atoms with E-state index < -0.39 is 53.2 Å². The fraction of sp³-hybridized carbons (Fsp3) is 0.486. The second-order valence-corrected chi connectivity index (χ2v) is 12.7. The molecule has 0 saturated carbocycles. The van der Waals surface area contributed by atoms with Gasteiger partial charge >= 0.3 is 12.1 Å². The molecule has 2 rings (SSSR count). The fourth-order valence-corrected chi connectivity index (χ4v) is 4.39. The molecule has 0 spiro atoms. The standard InChI is InChI=1S/C35H47N3O6/c1-10-12-22-38(31(40)24(3)36-33(42)44-35(7,8)9)29(27-20-18-25(11-2)19-21-27)30(39)37-28(32(41)43-34(4,5)6)23-26-16-14-13-15-17-26/h2,13-21,24,28-29H,10,12,22-23H2,1,3-9H3,(H,36,42)(H,37,39). The van der Waals surface area contributed by atoms with E-state index in [1.807, 2.05) is 37.3 Å². The van der Waals surface area contributed by atoms with Crippen LogP contribution in [0.25, 0.3) is 0 Å². The van der Waals surface area contributed by atoms with Gasteiger partial charge in [-0.2, -0.15) is 0 Å². The Balaban J connectivity index is 2.53. The zero-order chi connectivity index (χ0) is 33.1. The Kier molecular flexibility index (Phi) is 13.0. The third kappa shape index (κ3) is 11.8. The van der Waals surface area contributed by atoms with E-state index in [0.717, 1.165) is 12.0 Å². The van der Waals surface area contributed by atoms with Crippen LogP contribution in [0.4, 0.5) is 4.79 Å². The van der Waals surface area contributed by atoms with Crippen molar-refractivity contribution < 1.29 is 28.7 Å². The van der Waals surface area contributed by atoms with E-state index in [1.165, 1.54) is 4.90 Å². The fourth-order valence-electron chi connectivity index (χ4n) is 4.39. The Bertz CT molecular complexity index is 1300. The molecule has 2 N–H and O–H groups in total. The van der Waals surface area contributed by atoms with Crippen molar-refractivity contribution in [3.63, 3.8) is 0 Å². The molecule has 0 heterocycles. The van der Waals surface area contributed by atoms with Crippen molar-refractivity contribution in [3.05, 3.63) is 71.3 Å². The quantitative estimate of drug-likeness (QED) is 0.250. The minimum atomic E-state index is -1.13. The minimum absolute atomic E-state index is 0.184. The van der Waals surface area contributed by atoms with Crippen molar-refractivity contribution in [1.29, 1.82) is 0 Å². The van der Waals surface area contributed by atoms with Crippen LogP contribution in [0.15, 0.2) is 54.6 Å². The van der Waals surface area contributed by atoms with Gasteiger partial charge in [-0.1, -0.05) is 61.7 Å². The summed E-state index contributed by atoms with van der Waals surface area (Å²) < 4.78 is 11.0. The predicted molar refractivity (Wildman–Crippen MR) is 170 cm³/mol. The largest absolute Gasteiger partial charge is 0.458 e. The first kappa shape index (κ1) is 35.9. The maximum absolute atomic E-state index is 14.2. The molecule has 0 radical (unpaired) electrons. The van der Waals surface area contributed by atoms with Crippen molar-refractivity contribution in [3.8, 4) is 12.3 Å². The van der Waals surface area contributed by atoms with Crippen LogP contribution in [0.3, 0.4) is 0 Å². The Morgan fingerprint density at radius 1 is 0.886 bits per heavy atom. The lowest BCUT2D eigenvalue weighted by Crippen LogP contribution is -2.54. The summed E-state index contributed by atoms with van der Waals surface area (Å²) in [6.45, 7) is 14.2. The third-order valence-corrected chi connectivity index (χ3v) is 6.38. The predicted octanol–water partition coefficient (Wildman–Crippen LogP) is 5.32. The van der Waals surface area contributed by atoms with Gasteiger partial charge in [0.25, 0.3) is 0 Å². The first-order valence-electron chi connectivity index (χ1n) is 15.0. The monoisotopic (exact) mass is 605 g/mol. The molecule has 0 bridgehead atoms. The van der Waals surface area contributed by atoms with E-state index in [0.29, 0.717) is 17.5 Å². The van der Waals surface area contributed by atoms with Gasteiger partial charge in [0, 0.05) is 18.5 Å². The number of carbonyl (C=O) groups is 4. The van der Waals surface area contributed by atoms with Crippen molar-refractivity contribution in [2.24, 2.45) is 0 Å². The molecule has 0 aliphatic rings. The van der Waals surface area contributed by atoms with Gasteiger partial charge in [0.2, 0.25) is 11.8 Å². The summed E-state index contributed by atoms with van der Waals surface area (Å²) in [5, 5.41) is 5.47. The number of ether oxygens (including phenoxy) is 2. The zero-order valence-electron chi connectivity index (χ0n) is 27.2. The van der Waals surface area contributed by atoms with E-state index in [9.17, 15) is 19.2 Å². The Labute approximate surface area is 262 Å². The highest BCUT2D eigenvalue weighted by atomic mass is 16.6. The number of nitrogens with zero attached hydrogens (tertiary/aromatic N) is 1. The molecule has 0 aliphatic carbocycles. The van der Waals surface area contributed by atoms with Crippen LogP contribution < -0.4 is 10.6 Å². The number of benzene rings is 2. The van der Waals surface area contributed by atoms with Crippen LogP contribution in [0, 0.1) is 12.3 Å². The summed E-state index contributed by atoms with van der Waals surface area (Å²) in [5.41, 5.74) is 0.388. The van der Waals surface area contributed by atoms with Crippen LogP contribution in [-0.4, -0.2) is 58.6 Å². The van der Waals surface area contributed by atoms with Crippen LogP contribution in [0.5, 0.6) is 0 Å². The Morgan fingerprint density at radius 2 is 1.48 bits per heavy atom. The van der Waals surface area contributed by atoms with Crippen LogP contribution in [0.1, 0.15) is 91.0 Å². The summed E-state index contributed by atoms with van der Waals surface area (Å²) in [6.07, 6.45) is 6.34. The highest BCUT2D eigenvalue weighted by molar-refractivity contribution is 5.93. The average molecular weight is 606 g/mol. The number of hydrogen-bond donors (Lipinski definition) is 2. The van der Waals surface area contributed by atoms with Crippen molar-refractivity contribution in [1.82, 2.24) is 15.5 Å². The molecule has 0 fully saturated rings. The Morgan fingerprint density at radius 3 is 2.00 bits per heavy atom. The van der Waals surface area contributed by atoms with Crippen LogP contribution in [-0.2, 0) is 30.3 Å². The lowest BCUT2D eigenvalue weighted by Gasteiger charge is -2.34. The van der Waals surface area contributed by atoms with Gasteiger partial charge in [-0.05, 0) is 78.1 Å². The number of rotatable bonds is 12. The number of terminal acetylenes is 1. The van der Waals surface area contributed by atoms with Crippen molar-refractivity contribution in [2.75, 3.05) is 6.54 Å². The van der Waals surface area contributed by atoms with Crippen LogP contribution >= 0.6 is 0 Å². The molecule has 2 aromatic carbocycles. The van der Waals surface area contributed by atoms with Gasteiger partial charge in [0.1, 0.15) is 29.3 Å². The summed E-state index contributed by atoms with van der Waals surface area (Å²) >= 11 is 0. The molecule has 2 aromatic rings. The lowest BCUT2D eigenvalue weighted by atomic mass is 9.99. The normalized spacial score (nSPS) is 13.4. The SMILES string of the molecule is C#Cc1ccc(C(C(=O)NC(Cc2ccccc2)C(=O)OC(C)(C)C)N(CCCC)C(=O)C(C)NC(=O)OC(C)(C)C)cc1. The van der Waals surface area contributed by atoms with Gasteiger partial charge in [0.05, 0.1) is 0 Å². The third-order valence-electron chi connectivity index (χ3n) is 6.38. The summed E-state index contributed by atoms with van der Waals surface area (Å²) in [4.78, 5) is 55.5. The Hall–Kier alpha value is -4.32. The number of esters is 1. The molecule has 9 heteroatoms. The molecule has 0 saturated heterocycles. The van der Waals surface area contributed by atoms with Crippen molar-refractivity contribution in [2.45, 2.75) is 104 Å². The first-order chi connectivity index (χ1) is 20.5.